The zero-order valence-electron chi connectivity index (χ0n) is 13.9. The molecule has 1 aromatic carbocycles. The molecule has 0 aromatic heterocycles. The van der Waals surface area contributed by atoms with Gasteiger partial charge in [0.1, 0.15) is 0 Å². The van der Waals surface area contributed by atoms with E-state index in [4.69, 9.17) is 0 Å². The topological polar surface area (TPSA) is 3.24 Å². The van der Waals surface area contributed by atoms with Crippen molar-refractivity contribution >= 4 is 5.69 Å². The largest absolute Gasteiger partial charge is 0.348 e. The molecule has 1 heteroatoms. The summed E-state index contributed by atoms with van der Waals surface area (Å²) in [5.41, 5.74) is 4.39. The monoisotopic (exact) mass is 285 g/mol. The van der Waals surface area contributed by atoms with Gasteiger partial charge in [0.2, 0.25) is 0 Å². The Kier molecular flexibility index (Phi) is 6.85. The van der Waals surface area contributed by atoms with Gasteiger partial charge < -0.3 is 4.90 Å². The summed E-state index contributed by atoms with van der Waals surface area (Å²) in [6.07, 6.45) is 14.6. The molecule has 0 spiro atoms. The minimum absolute atomic E-state index is 1.12. The summed E-state index contributed by atoms with van der Waals surface area (Å²) in [5, 5.41) is 0. The first-order valence-corrected chi connectivity index (χ1v) is 8.83. The van der Waals surface area contributed by atoms with Crippen LogP contribution in [0.15, 0.2) is 36.0 Å². The predicted molar refractivity (Wildman–Crippen MR) is 93.9 cm³/mol. The smallest absolute Gasteiger partial charge is 0.0441 e. The molecular formula is C20H31N. The summed E-state index contributed by atoms with van der Waals surface area (Å²) in [4.78, 5) is 2.46. The summed E-state index contributed by atoms with van der Waals surface area (Å²) in [6, 6.07) is 8.86. The van der Waals surface area contributed by atoms with E-state index in [0.29, 0.717) is 0 Å². The van der Waals surface area contributed by atoms with Gasteiger partial charge in [-0.25, -0.2) is 0 Å². The van der Waals surface area contributed by atoms with Crippen LogP contribution in [-0.4, -0.2) is 6.54 Å². The molecule has 0 unspecified atom stereocenters. The first kappa shape index (κ1) is 16.1. The molecule has 0 amide bonds. The number of fused-ring (bicyclic) bond motifs is 1. The van der Waals surface area contributed by atoms with Gasteiger partial charge in [0.25, 0.3) is 0 Å². The van der Waals surface area contributed by atoms with Crippen molar-refractivity contribution in [3.63, 3.8) is 0 Å². The summed E-state index contributed by atoms with van der Waals surface area (Å²) in [6.45, 7) is 5.70. The molecule has 2 rings (SSSR count). The lowest BCUT2D eigenvalue weighted by Crippen LogP contribution is -2.22. The minimum Gasteiger partial charge on any atom is -0.348 e. The van der Waals surface area contributed by atoms with Crippen LogP contribution in [0.1, 0.15) is 70.8 Å². The normalized spacial score (nSPS) is 14.0. The lowest BCUT2D eigenvalue weighted by Gasteiger charge is -2.28. The Hall–Kier alpha value is -1.24. The van der Waals surface area contributed by atoms with Crippen molar-refractivity contribution in [2.24, 2.45) is 0 Å². The second kappa shape index (κ2) is 8.92. The summed E-state index contributed by atoms with van der Waals surface area (Å²) in [7, 11) is 0. The van der Waals surface area contributed by atoms with Crippen LogP contribution >= 0.6 is 0 Å². The molecule has 0 bridgehead atoms. The second-order valence-corrected chi connectivity index (χ2v) is 6.45. The molecule has 0 saturated carbocycles. The molecule has 1 nitrogen and oxygen atoms in total. The zero-order chi connectivity index (χ0) is 14.9. The molecular weight excluding hydrogens is 254 g/mol. The van der Waals surface area contributed by atoms with Crippen molar-refractivity contribution in [2.45, 2.75) is 71.6 Å². The molecule has 1 aliphatic heterocycles. The van der Waals surface area contributed by atoms with Crippen LogP contribution in [0, 0.1) is 0 Å². The quantitative estimate of drug-likeness (QED) is 0.496. The maximum Gasteiger partial charge on any atom is 0.0441 e. The average molecular weight is 285 g/mol. The number of rotatable bonds is 9. The third kappa shape index (κ3) is 5.22. The van der Waals surface area contributed by atoms with Crippen LogP contribution in [0.2, 0.25) is 0 Å². The van der Waals surface area contributed by atoms with E-state index in [1.165, 1.54) is 74.7 Å². The standard InChI is InChI=1S/C20H31N/c1-3-4-5-6-7-8-9-12-15-21-17-18(2)16-19-13-10-11-14-20(19)21/h10-11,13-14,17H,3-9,12,15-16H2,1-2H3. The maximum absolute atomic E-state index is 2.46. The maximum atomic E-state index is 2.46. The molecule has 0 radical (unpaired) electrons. The highest BCUT2D eigenvalue weighted by atomic mass is 15.1. The van der Waals surface area contributed by atoms with Crippen molar-refractivity contribution in [3.05, 3.63) is 41.6 Å². The van der Waals surface area contributed by atoms with Gasteiger partial charge in [-0.15, -0.1) is 0 Å². The molecule has 0 N–H and O–H groups in total. The van der Waals surface area contributed by atoms with Crippen LogP contribution in [0.5, 0.6) is 0 Å². The molecule has 21 heavy (non-hydrogen) atoms. The van der Waals surface area contributed by atoms with Gasteiger partial charge in [0.15, 0.2) is 0 Å². The highest BCUT2D eigenvalue weighted by Gasteiger charge is 2.14. The predicted octanol–water partition coefficient (Wildman–Crippen LogP) is 6.09. The van der Waals surface area contributed by atoms with Gasteiger partial charge in [-0.1, -0.05) is 75.6 Å². The third-order valence-corrected chi connectivity index (χ3v) is 4.40. The average Bonchev–Trinajstić information content (AvgIpc) is 2.49. The van der Waals surface area contributed by atoms with Crippen molar-refractivity contribution in [1.82, 2.24) is 0 Å². The van der Waals surface area contributed by atoms with Crippen LogP contribution in [-0.2, 0) is 6.42 Å². The number of benzene rings is 1. The Morgan fingerprint density at radius 1 is 0.905 bits per heavy atom. The Morgan fingerprint density at radius 2 is 1.57 bits per heavy atom. The highest BCUT2D eigenvalue weighted by molar-refractivity contribution is 5.59. The van der Waals surface area contributed by atoms with Gasteiger partial charge in [-0.05, 0) is 31.4 Å². The van der Waals surface area contributed by atoms with E-state index >= 15 is 0 Å². The Bertz CT molecular complexity index is 447. The van der Waals surface area contributed by atoms with Crippen molar-refractivity contribution in [1.29, 1.82) is 0 Å². The van der Waals surface area contributed by atoms with E-state index in [2.05, 4.69) is 49.2 Å². The number of anilines is 1. The fraction of sp³-hybridized carbons (Fsp3) is 0.600. The fourth-order valence-electron chi connectivity index (χ4n) is 3.22. The second-order valence-electron chi connectivity index (χ2n) is 6.45. The summed E-state index contributed by atoms with van der Waals surface area (Å²) >= 11 is 0. The first-order valence-electron chi connectivity index (χ1n) is 8.83. The van der Waals surface area contributed by atoms with E-state index in [-0.39, 0.29) is 0 Å². The lowest BCUT2D eigenvalue weighted by atomic mass is 10.0. The van der Waals surface area contributed by atoms with E-state index < -0.39 is 0 Å². The molecule has 116 valence electrons. The van der Waals surface area contributed by atoms with Gasteiger partial charge in [0.05, 0.1) is 0 Å². The number of hydrogen-bond acceptors (Lipinski definition) is 1. The van der Waals surface area contributed by atoms with Gasteiger partial charge in [-0.3, -0.25) is 0 Å². The van der Waals surface area contributed by atoms with Crippen molar-refractivity contribution < 1.29 is 0 Å². The Labute approximate surface area is 131 Å². The summed E-state index contributed by atoms with van der Waals surface area (Å²) < 4.78 is 0. The number of hydrogen-bond donors (Lipinski definition) is 0. The molecule has 1 aromatic rings. The minimum atomic E-state index is 1.12. The number of para-hydroxylation sites is 1. The Balaban J connectivity index is 1.69. The number of allylic oxidation sites excluding steroid dienone is 1. The van der Waals surface area contributed by atoms with E-state index in [9.17, 15) is 0 Å². The molecule has 0 atom stereocenters. The molecule has 0 aliphatic carbocycles. The van der Waals surface area contributed by atoms with Gasteiger partial charge in [0, 0.05) is 18.4 Å². The van der Waals surface area contributed by atoms with Crippen molar-refractivity contribution in [2.75, 3.05) is 11.4 Å². The van der Waals surface area contributed by atoms with Crippen LogP contribution in [0.25, 0.3) is 0 Å². The van der Waals surface area contributed by atoms with E-state index in [1.54, 1.807) is 0 Å². The van der Waals surface area contributed by atoms with Gasteiger partial charge in [-0.2, -0.15) is 0 Å². The molecule has 0 saturated heterocycles. The Morgan fingerprint density at radius 3 is 2.33 bits per heavy atom. The lowest BCUT2D eigenvalue weighted by molar-refractivity contribution is 0.576. The van der Waals surface area contributed by atoms with Crippen LogP contribution < -0.4 is 4.90 Å². The van der Waals surface area contributed by atoms with Crippen LogP contribution in [0.4, 0.5) is 5.69 Å². The molecule has 1 aliphatic rings. The number of nitrogens with zero attached hydrogens (tertiary/aromatic N) is 1. The molecule has 0 fully saturated rings. The van der Waals surface area contributed by atoms with E-state index in [0.717, 1.165) is 6.42 Å². The van der Waals surface area contributed by atoms with Crippen molar-refractivity contribution in [3.8, 4) is 0 Å². The van der Waals surface area contributed by atoms with Crippen LogP contribution in [0.3, 0.4) is 0 Å². The van der Waals surface area contributed by atoms with Gasteiger partial charge >= 0.3 is 0 Å². The first-order chi connectivity index (χ1) is 10.3. The molecule has 1 heterocycles. The summed E-state index contributed by atoms with van der Waals surface area (Å²) in [5.74, 6) is 0. The zero-order valence-corrected chi connectivity index (χ0v) is 13.9. The fourth-order valence-corrected chi connectivity index (χ4v) is 3.22. The SMILES string of the molecule is CCCCCCCCCCN1C=C(C)Cc2ccccc21. The number of unbranched alkanes of at least 4 members (excludes halogenated alkanes) is 7. The highest BCUT2D eigenvalue weighted by Crippen LogP contribution is 2.28. The van der Waals surface area contributed by atoms with E-state index in [1.807, 2.05) is 0 Å². The third-order valence-electron chi connectivity index (χ3n) is 4.40.